The summed E-state index contributed by atoms with van der Waals surface area (Å²) in [6.45, 7) is 3.91. The van der Waals surface area contributed by atoms with Crippen molar-refractivity contribution >= 4 is 5.91 Å². The summed E-state index contributed by atoms with van der Waals surface area (Å²) < 4.78 is 18.9. The van der Waals surface area contributed by atoms with E-state index < -0.39 is 5.82 Å². The Morgan fingerprint density at radius 1 is 1.57 bits per heavy atom. The van der Waals surface area contributed by atoms with Crippen LogP contribution >= 0.6 is 0 Å². The van der Waals surface area contributed by atoms with E-state index in [0.29, 0.717) is 30.8 Å². The molecule has 0 radical (unpaired) electrons. The molecule has 2 N–H and O–H groups in total. The van der Waals surface area contributed by atoms with Crippen LogP contribution in [0.25, 0.3) is 0 Å². The maximum Gasteiger partial charge on any atom is 0.255 e. The number of benzene rings is 1. The van der Waals surface area contributed by atoms with Gasteiger partial charge >= 0.3 is 0 Å². The van der Waals surface area contributed by atoms with Crippen molar-refractivity contribution in [1.82, 2.24) is 4.90 Å². The van der Waals surface area contributed by atoms with Crippen LogP contribution in [0.2, 0.25) is 0 Å². The molecule has 0 bridgehead atoms. The van der Waals surface area contributed by atoms with E-state index >= 15 is 0 Å². The van der Waals surface area contributed by atoms with Gasteiger partial charge in [0.15, 0.2) is 0 Å². The number of ether oxygens (including phenoxy) is 1. The molecule has 0 aliphatic carbocycles. The van der Waals surface area contributed by atoms with Crippen molar-refractivity contribution in [2.75, 3.05) is 26.2 Å². The molecule has 1 atom stereocenters. The Labute approximate surface area is 124 Å². The van der Waals surface area contributed by atoms with Crippen LogP contribution in [0.3, 0.4) is 0 Å². The number of nitrogens with zero attached hydrogens (tertiary/aromatic N) is 1. The predicted molar refractivity (Wildman–Crippen MR) is 78.3 cm³/mol. The van der Waals surface area contributed by atoms with Gasteiger partial charge in [-0.15, -0.1) is 0 Å². The summed E-state index contributed by atoms with van der Waals surface area (Å²) in [5, 5.41) is 0. The number of nitrogens with two attached hydrogens (primary N) is 1. The molecule has 1 aromatic carbocycles. The minimum absolute atomic E-state index is 0.00419. The monoisotopic (exact) mass is 290 g/mol. The molecular weight excluding hydrogens is 271 g/mol. The summed E-state index contributed by atoms with van der Waals surface area (Å²) in [5.41, 5.74) is 6.13. The van der Waals surface area contributed by atoms with E-state index in [2.05, 4.69) is 11.8 Å². The quantitative estimate of drug-likeness (QED) is 0.795. The highest BCUT2D eigenvalue weighted by Gasteiger charge is 2.22. The number of halogens is 1. The van der Waals surface area contributed by atoms with Crippen LogP contribution in [0.15, 0.2) is 18.2 Å². The minimum atomic E-state index is -0.416. The van der Waals surface area contributed by atoms with Crippen LogP contribution in [-0.2, 0) is 4.74 Å². The van der Waals surface area contributed by atoms with Gasteiger partial charge in [0.2, 0.25) is 0 Å². The molecule has 5 heteroatoms. The van der Waals surface area contributed by atoms with Gasteiger partial charge in [-0.25, -0.2) is 4.39 Å². The largest absolute Gasteiger partial charge is 0.377 e. The maximum atomic E-state index is 13.4. The van der Waals surface area contributed by atoms with E-state index in [4.69, 9.17) is 10.5 Å². The highest BCUT2D eigenvalue weighted by atomic mass is 19.1. The molecule has 1 heterocycles. The molecular formula is C16H19FN2O2. The highest BCUT2D eigenvalue weighted by Crippen LogP contribution is 2.15. The van der Waals surface area contributed by atoms with Crippen LogP contribution in [0, 0.1) is 17.7 Å². The topological polar surface area (TPSA) is 55.6 Å². The standard InChI is InChI=1S/C16H19FN2O2/c1-12-11-19(8-3-9-21-12)16(20)15-6-5-14(17)10-13(15)4-2-7-18/h5-6,10,12H,3,7-9,11,18H2,1H3. The first kappa shape index (κ1) is 15.5. The van der Waals surface area contributed by atoms with Crippen molar-refractivity contribution in [3.63, 3.8) is 0 Å². The van der Waals surface area contributed by atoms with Crippen LogP contribution in [0.5, 0.6) is 0 Å². The second-order valence-electron chi connectivity index (χ2n) is 4.98. The van der Waals surface area contributed by atoms with Gasteiger partial charge in [0.05, 0.1) is 18.2 Å². The van der Waals surface area contributed by atoms with Crippen LogP contribution in [-0.4, -0.2) is 43.2 Å². The van der Waals surface area contributed by atoms with Gasteiger partial charge in [-0.3, -0.25) is 4.79 Å². The number of amides is 1. The lowest BCUT2D eigenvalue weighted by Crippen LogP contribution is -2.36. The molecule has 1 aliphatic rings. The molecule has 1 saturated heterocycles. The molecule has 112 valence electrons. The molecule has 1 aromatic rings. The molecule has 1 unspecified atom stereocenters. The smallest absolute Gasteiger partial charge is 0.255 e. The highest BCUT2D eigenvalue weighted by molar-refractivity contribution is 5.96. The first-order chi connectivity index (χ1) is 10.1. The Balaban J connectivity index is 2.29. The van der Waals surface area contributed by atoms with Crippen molar-refractivity contribution in [2.24, 2.45) is 5.73 Å². The van der Waals surface area contributed by atoms with Gasteiger partial charge in [-0.2, -0.15) is 0 Å². The molecule has 2 rings (SSSR count). The van der Waals surface area contributed by atoms with Crippen LogP contribution in [0.4, 0.5) is 4.39 Å². The fourth-order valence-electron chi connectivity index (χ4n) is 2.30. The first-order valence-electron chi connectivity index (χ1n) is 7.01. The van der Waals surface area contributed by atoms with E-state index in [1.807, 2.05) is 6.92 Å². The Hall–Kier alpha value is -1.90. The number of rotatable bonds is 1. The first-order valence-corrected chi connectivity index (χ1v) is 7.01. The van der Waals surface area contributed by atoms with E-state index in [9.17, 15) is 9.18 Å². The summed E-state index contributed by atoms with van der Waals surface area (Å²) in [4.78, 5) is 14.4. The second-order valence-corrected chi connectivity index (χ2v) is 4.98. The summed E-state index contributed by atoms with van der Waals surface area (Å²) in [6.07, 6.45) is 0.789. The molecule has 0 spiro atoms. The lowest BCUT2D eigenvalue weighted by molar-refractivity contribution is 0.0562. The average molecular weight is 290 g/mol. The van der Waals surface area contributed by atoms with Gasteiger partial charge < -0.3 is 15.4 Å². The van der Waals surface area contributed by atoms with Gasteiger partial charge in [0.1, 0.15) is 5.82 Å². The van der Waals surface area contributed by atoms with E-state index in [0.717, 1.165) is 6.42 Å². The van der Waals surface area contributed by atoms with Crippen LogP contribution < -0.4 is 5.73 Å². The number of carbonyl (C=O) groups excluding carboxylic acids is 1. The molecule has 1 aliphatic heterocycles. The molecule has 21 heavy (non-hydrogen) atoms. The van der Waals surface area contributed by atoms with Gasteiger partial charge in [-0.1, -0.05) is 11.8 Å². The fourth-order valence-corrected chi connectivity index (χ4v) is 2.30. The Morgan fingerprint density at radius 3 is 3.14 bits per heavy atom. The SMILES string of the molecule is CC1CN(C(=O)c2ccc(F)cc2C#CCN)CCCO1. The number of hydrogen-bond acceptors (Lipinski definition) is 3. The normalized spacial score (nSPS) is 18.6. The van der Waals surface area contributed by atoms with Gasteiger partial charge in [0.25, 0.3) is 5.91 Å². The molecule has 0 saturated carbocycles. The third-order valence-electron chi connectivity index (χ3n) is 3.28. The van der Waals surface area contributed by atoms with E-state index in [-0.39, 0.29) is 18.6 Å². The summed E-state index contributed by atoms with van der Waals surface area (Å²) in [5.74, 6) is 4.87. The Kier molecular flexibility index (Phi) is 5.32. The van der Waals surface area contributed by atoms with E-state index in [1.165, 1.54) is 18.2 Å². The zero-order chi connectivity index (χ0) is 15.2. The van der Waals surface area contributed by atoms with Crippen molar-refractivity contribution in [3.8, 4) is 11.8 Å². The fraction of sp³-hybridized carbons (Fsp3) is 0.438. The van der Waals surface area contributed by atoms with Crippen molar-refractivity contribution < 1.29 is 13.9 Å². The minimum Gasteiger partial charge on any atom is -0.377 e. The number of hydrogen-bond donors (Lipinski definition) is 1. The summed E-state index contributed by atoms with van der Waals surface area (Å²) >= 11 is 0. The molecule has 0 aromatic heterocycles. The molecule has 4 nitrogen and oxygen atoms in total. The lowest BCUT2D eigenvalue weighted by atomic mass is 10.1. The predicted octanol–water partition coefficient (Wildman–Crippen LogP) is 1.39. The zero-order valence-electron chi connectivity index (χ0n) is 12.1. The maximum absolute atomic E-state index is 13.4. The van der Waals surface area contributed by atoms with Crippen molar-refractivity contribution in [1.29, 1.82) is 0 Å². The zero-order valence-corrected chi connectivity index (χ0v) is 12.1. The third-order valence-corrected chi connectivity index (χ3v) is 3.28. The Morgan fingerprint density at radius 2 is 2.38 bits per heavy atom. The van der Waals surface area contributed by atoms with Gasteiger partial charge in [0, 0.05) is 25.3 Å². The molecule has 1 amide bonds. The Bertz CT molecular complexity index is 577. The van der Waals surface area contributed by atoms with E-state index in [1.54, 1.807) is 4.90 Å². The second kappa shape index (κ2) is 7.21. The summed E-state index contributed by atoms with van der Waals surface area (Å²) in [7, 11) is 0. The third kappa shape index (κ3) is 4.03. The van der Waals surface area contributed by atoms with Gasteiger partial charge in [-0.05, 0) is 31.5 Å². The summed E-state index contributed by atoms with van der Waals surface area (Å²) in [6, 6.07) is 4.03. The number of carbonyl (C=O) groups is 1. The van der Waals surface area contributed by atoms with Crippen molar-refractivity contribution in [3.05, 3.63) is 35.1 Å². The average Bonchev–Trinajstić information content (AvgIpc) is 2.69. The van der Waals surface area contributed by atoms with Crippen LogP contribution in [0.1, 0.15) is 29.3 Å². The lowest BCUT2D eigenvalue weighted by Gasteiger charge is -2.22. The van der Waals surface area contributed by atoms with Crippen molar-refractivity contribution in [2.45, 2.75) is 19.4 Å². The molecule has 1 fully saturated rings.